The van der Waals surface area contributed by atoms with Gasteiger partial charge >= 0.3 is 12.7 Å². The molecule has 0 spiro atoms. The third-order valence-corrected chi connectivity index (χ3v) is 2.22. The molecule has 1 rings (SSSR count). The Morgan fingerprint density at radius 2 is 2.10 bits per heavy atom. The largest absolute Gasteiger partial charge is 0.444 e. The van der Waals surface area contributed by atoms with Crippen molar-refractivity contribution in [3.05, 3.63) is 29.3 Å². The summed E-state index contributed by atoms with van der Waals surface area (Å²) < 4.78 is 33.6. The molecule has 0 aliphatic carbocycles. The monoisotopic (exact) mass is 298 g/mol. The fourth-order valence-corrected chi connectivity index (χ4v) is 1.46. The molecular formula is C14H16F2N2O3. The van der Waals surface area contributed by atoms with Gasteiger partial charge in [0.05, 0.1) is 5.56 Å². The van der Waals surface area contributed by atoms with Gasteiger partial charge in [-0.1, -0.05) is 6.07 Å². The molecule has 0 aliphatic rings. The second kappa shape index (κ2) is 6.88. The molecule has 0 saturated heterocycles. The van der Waals surface area contributed by atoms with Crippen molar-refractivity contribution in [3.63, 3.8) is 0 Å². The molecule has 114 valence electrons. The van der Waals surface area contributed by atoms with Crippen LogP contribution in [0, 0.1) is 11.3 Å². The molecule has 0 heterocycles. The molecule has 0 bridgehead atoms. The maximum atomic E-state index is 12.1. The molecule has 0 aliphatic heterocycles. The quantitative estimate of drug-likeness (QED) is 0.926. The maximum absolute atomic E-state index is 12.1. The molecule has 0 unspecified atom stereocenters. The second-order valence-electron chi connectivity index (χ2n) is 5.18. The number of hydrogen-bond acceptors (Lipinski definition) is 4. The van der Waals surface area contributed by atoms with Crippen LogP contribution in [0.1, 0.15) is 31.9 Å². The highest BCUT2D eigenvalue weighted by atomic mass is 19.3. The number of rotatable bonds is 4. The molecule has 1 aromatic rings. The van der Waals surface area contributed by atoms with Crippen LogP contribution < -0.4 is 10.1 Å². The lowest BCUT2D eigenvalue weighted by molar-refractivity contribution is -0.0500. The van der Waals surface area contributed by atoms with Gasteiger partial charge in [0, 0.05) is 6.54 Å². The fraction of sp³-hybridized carbons (Fsp3) is 0.429. The second-order valence-corrected chi connectivity index (χ2v) is 5.18. The highest BCUT2D eigenvalue weighted by molar-refractivity contribution is 5.67. The van der Waals surface area contributed by atoms with Crippen molar-refractivity contribution in [1.29, 1.82) is 5.26 Å². The maximum Gasteiger partial charge on any atom is 0.407 e. The van der Waals surface area contributed by atoms with Gasteiger partial charge in [-0.3, -0.25) is 0 Å². The number of carbonyl (C=O) groups excluding carboxylic acids is 1. The standard InChI is InChI=1S/C14H16F2N2O3/c1-14(2,3)21-13(19)18-8-9-4-5-11(20-12(15)16)10(6-9)7-17/h4-6,12H,8H2,1-3H3,(H,18,19). The van der Waals surface area contributed by atoms with Crippen LogP contribution in [0.15, 0.2) is 18.2 Å². The van der Waals surface area contributed by atoms with Gasteiger partial charge in [0.2, 0.25) is 0 Å². The van der Waals surface area contributed by atoms with E-state index in [0.717, 1.165) is 0 Å². The summed E-state index contributed by atoms with van der Waals surface area (Å²) in [5, 5.41) is 11.4. The Morgan fingerprint density at radius 3 is 2.62 bits per heavy atom. The van der Waals surface area contributed by atoms with E-state index < -0.39 is 18.3 Å². The Bertz CT molecular complexity index is 548. The molecule has 21 heavy (non-hydrogen) atoms. The highest BCUT2D eigenvalue weighted by Crippen LogP contribution is 2.21. The van der Waals surface area contributed by atoms with Crippen LogP contribution in [-0.2, 0) is 11.3 Å². The van der Waals surface area contributed by atoms with Crippen LogP contribution in [-0.4, -0.2) is 18.3 Å². The minimum absolute atomic E-state index is 0.0289. The van der Waals surface area contributed by atoms with E-state index in [1.165, 1.54) is 18.2 Å². The predicted molar refractivity (Wildman–Crippen MR) is 70.9 cm³/mol. The summed E-state index contributed by atoms with van der Waals surface area (Å²) in [6.07, 6.45) is -0.603. The van der Waals surface area contributed by atoms with Crippen molar-refractivity contribution in [2.75, 3.05) is 0 Å². The van der Waals surface area contributed by atoms with E-state index in [2.05, 4.69) is 10.1 Å². The number of alkyl halides is 2. The summed E-state index contributed by atoms with van der Waals surface area (Å²) in [6.45, 7) is 2.31. The van der Waals surface area contributed by atoms with Crippen LogP contribution in [0.4, 0.5) is 13.6 Å². The minimum atomic E-state index is -3.00. The molecule has 0 aromatic heterocycles. The number of alkyl carbamates (subject to hydrolysis) is 1. The number of hydrogen-bond donors (Lipinski definition) is 1. The zero-order valence-electron chi connectivity index (χ0n) is 11.9. The van der Waals surface area contributed by atoms with Gasteiger partial charge in [0.1, 0.15) is 17.4 Å². The van der Waals surface area contributed by atoms with E-state index in [4.69, 9.17) is 10.00 Å². The average molecular weight is 298 g/mol. The number of ether oxygens (including phenoxy) is 2. The van der Waals surface area contributed by atoms with Crippen LogP contribution >= 0.6 is 0 Å². The SMILES string of the molecule is CC(C)(C)OC(=O)NCc1ccc(OC(F)F)c(C#N)c1. The third-order valence-electron chi connectivity index (χ3n) is 2.22. The Morgan fingerprint density at radius 1 is 1.43 bits per heavy atom. The minimum Gasteiger partial charge on any atom is -0.444 e. The number of nitriles is 1. The van der Waals surface area contributed by atoms with Gasteiger partial charge in [-0.25, -0.2) is 4.79 Å². The van der Waals surface area contributed by atoms with E-state index in [0.29, 0.717) is 5.56 Å². The van der Waals surface area contributed by atoms with Crippen molar-refractivity contribution >= 4 is 6.09 Å². The number of nitrogens with zero attached hydrogens (tertiary/aromatic N) is 1. The summed E-state index contributed by atoms with van der Waals surface area (Å²) in [4.78, 5) is 11.5. The molecule has 0 radical (unpaired) electrons. The number of benzene rings is 1. The number of nitrogens with one attached hydrogen (secondary N) is 1. The van der Waals surface area contributed by atoms with Gasteiger partial charge in [-0.05, 0) is 38.5 Å². The summed E-state index contributed by atoms with van der Waals surface area (Å²) in [6, 6.07) is 5.88. The van der Waals surface area contributed by atoms with Crippen LogP contribution in [0.3, 0.4) is 0 Å². The molecule has 7 heteroatoms. The third kappa shape index (κ3) is 6.08. The number of carbonyl (C=O) groups is 1. The summed E-state index contributed by atoms with van der Waals surface area (Å²) in [7, 11) is 0. The smallest absolute Gasteiger partial charge is 0.407 e. The molecule has 1 amide bonds. The van der Waals surface area contributed by atoms with Crippen molar-refractivity contribution in [2.45, 2.75) is 39.5 Å². The Balaban J connectivity index is 2.69. The summed E-state index contributed by atoms with van der Waals surface area (Å²) >= 11 is 0. The first-order chi connectivity index (χ1) is 9.71. The van der Waals surface area contributed by atoms with Crippen LogP contribution in [0.5, 0.6) is 5.75 Å². The molecule has 1 aromatic carbocycles. The zero-order chi connectivity index (χ0) is 16.0. The molecule has 0 atom stereocenters. The van der Waals surface area contributed by atoms with E-state index in [1.807, 2.05) is 0 Å². The van der Waals surface area contributed by atoms with E-state index in [9.17, 15) is 13.6 Å². The summed E-state index contributed by atoms with van der Waals surface area (Å²) in [5.41, 5.74) is -0.0746. The van der Waals surface area contributed by atoms with Crippen LogP contribution in [0.2, 0.25) is 0 Å². The number of halogens is 2. The Labute approximate surface area is 121 Å². The first-order valence-electron chi connectivity index (χ1n) is 6.16. The zero-order valence-corrected chi connectivity index (χ0v) is 11.9. The van der Waals surface area contributed by atoms with Gasteiger partial charge in [-0.15, -0.1) is 0 Å². The van der Waals surface area contributed by atoms with Crippen molar-refractivity contribution in [2.24, 2.45) is 0 Å². The molecule has 5 nitrogen and oxygen atoms in total. The Kier molecular flexibility index (Phi) is 5.47. The fourth-order valence-electron chi connectivity index (χ4n) is 1.46. The lowest BCUT2D eigenvalue weighted by Gasteiger charge is -2.19. The first kappa shape index (κ1) is 16.7. The average Bonchev–Trinajstić information content (AvgIpc) is 2.34. The van der Waals surface area contributed by atoms with Crippen molar-refractivity contribution in [1.82, 2.24) is 5.32 Å². The van der Waals surface area contributed by atoms with Crippen molar-refractivity contribution < 1.29 is 23.0 Å². The van der Waals surface area contributed by atoms with E-state index in [1.54, 1.807) is 26.8 Å². The predicted octanol–water partition coefficient (Wildman–Crippen LogP) is 3.18. The lowest BCUT2D eigenvalue weighted by Crippen LogP contribution is -2.32. The molecule has 1 N–H and O–H groups in total. The van der Waals surface area contributed by atoms with Gasteiger partial charge < -0.3 is 14.8 Å². The molecular weight excluding hydrogens is 282 g/mol. The topological polar surface area (TPSA) is 71.3 Å². The van der Waals surface area contributed by atoms with Crippen LogP contribution in [0.25, 0.3) is 0 Å². The van der Waals surface area contributed by atoms with E-state index in [-0.39, 0.29) is 17.9 Å². The number of amides is 1. The van der Waals surface area contributed by atoms with Gasteiger partial charge in [-0.2, -0.15) is 14.0 Å². The van der Waals surface area contributed by atoms with Gasteiger partial charge in [0.25, 0.3) is 0 Å². The molecule has 0 saturated carbocycles. The lowest BCUT2D eigenvalue weighted by atomic mass is 10.1. The molecule has 0 fully saturated rings. The Hall–Kier alpha value is -2.36. The first-order valence-corrected chi connectivity index (χ1v) is 6.16. The summed E-state index contributed by atoms with van der Waals surface area (Å²) in [5.74, 6) is -0.200. The normalized spacial score (nSPS) is 10.9. The van der Waals surface area contributed by atoms with Gasteiger partial charge in [0.15, 0.2) is 0 Å². The highest BCUT2D eigenvalue weighted by Gasteiger charge is 2.16. The van der Waals surface area contributed by atoms with E-state index >= 15 is 0 Å². The van der Waals surface area contributed by atoms with Crippen molar-refractivity contribution in [3.8, 4) is 11.8 Å².